The fourth-order valence-corrected chi connectivity index (χ4v) is 4.29. The standard InChI is InChI=1S/C24H19FN4O4/c1-33-17-9-6-15-12-29(21(30)18(15)11-17)13-24(22(31)27-23(32)28-24)16-7-4-14(5-8-16)20-19(25)3-2-10-26-20/h2-11H,12-13H2,1H3,(H2,27,28,31,32)/t24-/m0/s1. The predicted molar refractivity (Wildman–Crippen MR) is 116 cm³/mol. The first-order chi connectivity index (χ1) is 15.9. The van der Waals surface area contributed by atoms with Crippen molar-refractivity contribution in [2.24, 2.45) is 0 Å². The number of carbonyl (C=O) groups is 3. The minimum atomic E-state index is -1.49. The zero-order valence-corrected chi connectivity index (χ0v) is 17.6. The molecular weight excluding hydrogens is 427 g/mol. The third kappa shape index (κ3) is 3.38. The van der Waals surface area contributed by atoms with Gasteiger partial charge in [0.1, 0.15) is 17.3 Å². The Hall–Kier alpha value is -4.27. The van der Waals surface area contributed by atoms with E-state index < -0.39 is 23.3 Å². The third-order valence-electron chi connectivity index (χ3n) is 5.98. The molecule has 2 N–H and O–H groups in total. The Bertz CT molecular complexity index is 1290. The van der Waals surface area contributed by atoms with E-state index in [-0.39, 0.29) is 18.1 Å². The van der Waals surface area contributed by atoms with E-state index in [1.807, 2.05) is 6.07 Å². The summed E-state index contributed by atoms with van der Waals surface area (Å²) in [7, 11) is 1.52. The van der Waals surface area contributed by atoms with Crippen LogP contribution in [0, 0.1) is 5.82 Å². The number of amides is 4. The van der Waals surface area contributed by atoms with Gasteiger partial charge in [0.15, 0.2) is 5.54 Å². The molecule has 1 fully saturated rings. The van der Waals surface area contributed by atoms with E-state index in [2.05, 4.69) is 15.6 Å². The highest BCUT2D eigenvalue weighted by Crippen LogP contribution is 2.33. The van der Waals surface area contributed by atoms with Crippen LogP contribution in [0.25, 0.3) is 11.3 Å². The van der Waals surface area contributed by atoms with Crippen LogP contribution in [0.1, 0.15) is 21.5 Å². The minimum Gasteiger partial charge on any atom is -0.497 e. The first-order valence-electron chi connectivity index (χ1n) is 10.2. The van der Waals surface area contributed by atoms with E-state index in [4.69, 9.17) is 4.74 Å². The van der Waals surface area contributed by atoms with Gasteiger partial charge in [0.25, 0.3) is 11.8 Å². The van der Waals surface area contributed by atoms with Gasteiger partial charge in [-0.25, -0.2) is 9.18 Å². The van der Waals surface area contributed by atoms with E-state index in [9.17, 15) is 18.8 Å². The van der Waals surface area contributed by atoms with Crippen LogP contribution in [0.4, 0.5) is 9.18 Å². The van der Waals surface area contributed by atoms with Gasteiger partial charge in [0.05, 0.1) is 13.7 Å². The lowest BCUT2D eigenvalue weighted by molar-refractivity contribution is -0.124. The number of halogens is 1. The average molecular weight is 446 g/mol. The van der Waals surface area contributed by atoms with Crippen molar-refractivity contribution in [1.29, 1.82) is 0 Å². The van der Waals surface area contributed by atoms with Gasteiger partial charge in [-0.2, -0.15) is 0 Å². The molecule has 3 aromatic rings. The summed E-state index contributed by atoms with van der Waals surface area (Å²) >= 11 is 0. The summed E-state index contributed by atoms with van der Waals surface area (Å²) < 4.78 is 19.3. The fraction of sp³-hybridized carbons (Fsp3) is 0.167. The fourth-order valence-electron chi connectivity index (χ4n) is 4.29. The van der Waals surface area contributed by atoms with Crippen molar-refractivity contribution in [2.75, 3.05) is 13.7 Å². The highest BCUT2D eigenvalue weighted by atomic mass is 19.1. The molecule has 33 heavy (non-hydrogen) atoms. The third-order valence-corrected chi connectivity index (χ3v) is 5.98. The van der Waals surface area contributed by atoms with Crippen LogP contribution in [-0.4, -0.2) is 41.4 Å². The number of hydrogen-bond acceptors (Lipinski definition) is 5. The lowest BCUT2D eigenvalue weighted by Crippen LogP contribution is -2.52. The number of imide groups is 1. The molecule has 0 bridgehead atoms. The monoisotopic (exact) mass is 446 g/mol. The van der Waals surface area contributed by atoms with Gasteiger partial charge < -0.3 is 15.0 Å². The largest absolute Gasteiger partial charge is 0.497 e. The maximum atomic E-state index is 14.1. The summed E-state index contributed by atoms with van der Waals surface area (Å²) in [5.74, 6) is -0.736. The topological polar surface area (TPSA) is 101 Å². The molecule has 0 saturated carbocycles. The molecular formula is C24H19FN4O4. The Morgan fingerprint density at radius 3 is 2.58 bits per heavy atom. The zero-order valence-electron chi connectivity index (χ0n) is 17.6. The molecule has 2 aliphatic heterocycles. The molecule has 0 radical (unpaired) electrons. The van der Waals surface area contributed by atoms with Gasteiger partial charge in [0, 0.05) is 23.9 Å². The van der Waals surface area contributed by atoms with Crippen LogP contribution in [0.2, 0.25) is 0 Å². The molecule has 4 amide bonds. The molecule has 2 aliphatic rings. The molecule has 0 spiro atoms. The summed E-state index contributed by atoms with van der Waals surface area (Å²) in [4.78, 5) is 43.7. The highest BCUT2D eigenvalue weighted by Gasteiger charge is 2.50. The quantitative estimate of drug-likeness (QED) is 0.587. The number of nitrogens with zero attached hydrogens (tertiary/aromatic N) is 2. The number of nitrogens with one attached hydrogen (secondary N) is 2. The maximum Gasteiger partial charge on any atom is 0.322 e. The molecule has 0 aliphatic carbocycles. The molecule has 1 atom stereocenters. The van der Waals surface area contributed by atoms with Crippen molar-refractivity contribution in [2.45, 2.75) is 12.1 Å². The van der Waals surface area contributed by atoms with E-state index in [1.54, 1.807) is 36.4 Å². The highest BCUT2D eigenvalue weighted by molar-refractivity contribution is 6.08. The molecule has 1 aromatic heterocycles. The smallest absolute Gasteiger partial charge is 0.322 e. The van der Waals surface area contributed by atoms with Crippen LogP contribution < -0.4 is 15.4 Å². The SMILES string of the molecule is COc1ccc2c(c1)C(=O)N(C[C@@]1(c3ccc(-c4ncccc4F)cc3)NC(=O)NC1=O)C2. The molecule has 5 rings (SSSR count). The lowest BCUT2D eigenvalue weighted by Gasteiger charge is -2.31. The van der Waals surface area contributed by atoms with Crippen molar-refractivity contribution in [1.82, 2.24) is 20.5 Å². The number of hydrogen-bond donors (Lipinski definition) is 2. The summed E-state index contributed by atoms with van der Waals surface area (Å²) in [6, 6.07) is 13.9. The number of benzene rings is 2. The number of urea groups is 1. The van der Waals surface area contributed by atoms with Crippen LogP contribution in [0.3, 0.4) is 0 Å². The number of ether oxygens (including phenoxy) is 1. The van der Waals surface area contributed by atoms with E-state index in [0.29, 0.717) is 29.0 Å². The Labute approximate surface area is 188 Å². The number of pyridine rings is 1. The van der Waals surface area contributed by atoms with Gasteiger partial charge in [-0.05, 0) is 35.4 Å². The number of carbonyl (C=O) groups excluding carboxylic acids is 3. The summed E-state index contributed by atoms with van der Waals surface area (Å²) in [5, 5.41) is 4.96. The second-order valence-electron chi connectivity index (χ2n) is 7.91. The Balaban J connectivity index is 1.49. The van der Waals surface area contributed by atoms with Crippen LogP contribution >= 0.6 is 0 Å². The Kier molecular flexibility index (Phi) is 4.81. The maximum absolute atomic E-state index is 14.1. The summed E-state index contributed by atoms with van der Waals surface area (Å²) in [5.41, 5.74) is 0.981. The number of methoxy groups -OCH3 is 1. The molecule has 9 heteroatoms. The first-order valence-corrected chi connectivity index (χ1v) is 10.2. The molecule has 3 heterocycles. The summed E-state index contributed by atoms with van der Waals surface area (Å²) in [6.07, 6.45) is 1.49. The molecule has 0 unspecified atom stereocenters. The number of rotatable bonds is 5. The van der Waals surface area contributed by atoms with Gasteiger partial charge in [-0.3, -0.25) is 19.9 Å². The summed E-state index contributed by atoms with van der Waals surface area (Å²) in [6.45, 7) is 0.220. The van der Waals surface area contributed by atoms with Crippen LogP contribution in [0.15, 0.2) is 60.8 Å². The van der Waals surface area contributed by atoms with Gasteiger partial charge in [-0.1, -0.05) is 30.3 Å². The predicted octanol–water partition coefficient (Wildman–Crippen LogP) is 2.59. The first kappa shape index (κ1) is 20.6. The average Bonchev–Trinajstić information content (AvgIpc) is 3.29. The van der Waals surface area contributed by atoms with Gasteiger partial charge in [-0.15, -0.1) is 0 Å². The Morgan fingerprint density at radius 2 is 1.91 bits per heavy atom. The van der Waals surface area contributed by atoms with Crippen molar-refractivity contribution in [3.63, 3.8) is 0 Å². The van der Waals surface area contributed by atoms with Crippen molar-refractivity contribution >= 4 is 17.8 Å². The second kappa shape index (κ2) is 7.70. The van der Waals surface area contributed by atoms with E-state index in [0.717, 1.165) is 5.56 Å². The number of fused-ring (bicyclic) bond motifs is 1. The zero-order chi connectivity index (χ0) is 23.2. The van der Waals surface area contributed by atoms with Crippen LogP contribution in [-0.2, 0) is 16.9 Å². The van der Waals surface area contributed by atoms with E-state index in [1.165, 1.54) is 30.3 Å². The van der Waals surface area contributed by atoms with Crippen molar-refractivity contribution < 1.29 is 23.5 Å². The minimum absolute atomic E-state index is 0.0717. The van der Waals surface area contributed by atoms with Gasteiger partial charge in [0.2, 0.25) is 0 Å². The molecule has 166 valence electrons. The molecule has 1 saturated heterocycles. The van der Waals surface area contributed by atoms with Crippen molar-refractivity contribution in [3.05, 3.63) is 83.3 Å². The molecule has 2 aromatic carbocycles. The van der Waals surface area contributed by atoms with E-state index >= 15 is 0 Å². The van der Waals surface area contributed by atoms with Crippen LogP contribution in [0.5, 0.6) is 5.75 Å². The Morgan fingerprint density at radius 1 is 1.12 bits per heavy atom. The molecule has 8 nitrogen and oxygen atoms in total. The number of aromatic nitrogens is 1. The second-order valence-corrected chi connectivity index (χ2v) is 7.91. The lowest BCUT2D eigenvalue weighted by atomic mass is 9.88. The normalized spacial score (nSPS) is 19.3. The van der Waals surface area contributed by atoms with Crippen molar-refractivity contribution in [3.8, 4) is 17.0 Å². The van der Waals surface area contributed by atoms with Gasteiger partial charge >= 0.3 is 6.03 Å².